The van der Waals surface area contributed by atoms with E-state index in [4.69, 9.17) is 0 Å². The number of hydrogen-bond acceptors (Lipinski definition) is 3. The number of aryl methyl sites for hydroxylation is 1. The molecule has 1 heterocycles. The fraction of sp³-hybridized carbons (Fsp3) is 0.571. The van der Waals surface area contributed by atoms with Crippen LogP contribution in [0, 0.1) is 0 Å². The van der Waals surface area contributed by atoms with E-state index in [0.717, 1.165) is 6.42 Å². The van der Waals surface area contributed by atoms with Crippen LogP contribution in [-0.4, -0.2) is 54.7 Å². The molecule has 94 valence electrons. The van der Waals surface area contributed by atoms with Gasteiger partial charge in [0.05, 0.1) is 0 Å². The zero-order valence-electron chi connectivity index (χ0n) is 10.6. The number of aromatic hydroxyl groups is 1. The predicted molar refractivity (Wildman–Crippen MR) is 70.4 cm³/mol. The third kappa shape index (κ3) is 4.02. The number of rotatable bonds is 4. The Morgan fingerprint density at radius 1 is 1.18 bits per heavy atom. The average molecular weight is 234 g/mol. The molecule has 1 N–H and O–H groups in total. The summed E-state index contributed by atoms with van der Waals surface area (Å²) in [6.45, 7) is 5.93. The fourth-order valence-electron chi connectivity index (χ4n) is 2.29. The van der Waals surface area contributed by atoms with Crippen LogP contribution in [0.5, 0.6) is 5.75 Å². The molecular formula is C14H22N2O. The van der Waals surface area contributed by atoms with Crippen LogP contribution in [0.1, 0.15) is 12.0 Å². The van der Waals surface area contributed by atoms with Gasteiger partial charge in [-0.25, -0.2) is 0 Å². The van der Waals surface area contributed by atoms with E-state index in [-0.39, 0.29) is 0 Å². The Balaban J connectivity index is 1.69. The third-order valence-electron chi connectivity index (χ3n) is 3.45. The van der Waals surface area contributed by atoms with E-state index in [0.29, 0.717) is 5.75 Å². The summed E-state index contributed by atoms with van der Waals surface area (Å²) >= 11 is 0. The van der Waals surface area contributed by atoms with Crippen molar-refractivity contribution >= 4 is 0 Å². The Kier molecular flexibility index (Phi) is 4.40. The van der Waals surface area contributed by atoms with E-state index in [1.54, 1.807) is 6.07 Å². The number of nitrogens with zero attached hydrogens (tertiary/aromatic N) is 2. The summed E-state index contributed by atoms with van der Waals surface area (Å²) in [6.07, 6.45) is 2.23. The van der Waals surface area contributed by atoms with Crippen molar-refractivity contribution in [2.24, 2.45) is 0 Å². The van der Waals surface area contributed by atoms with Gasteiger partial charge in [-0.2, -0.15) is 0 Å². The van der Waals surface area contributed by atoms with Crippen LogP contribution in [0.15, 0.2) is 24.3 Å². The molecule has 2 rings (SSSR count). The van der Waals surface area contributed by atoms with Gasteiger partial charge in [-0.1, -0.05) is 12.1 Å². The number of phenols is 1. The second-order valence-electron chi connectivity index (χ2n) is 4.92. The van der Waals surface area contributed by atoms with Gasteiger partial charge in [0.15, 0.2) is 0 Å². The summed E-state index contributed by atoms with van der Waals surface area (Å²) in [5.41, 5.74) is 1.24. The van der Waals surface area contributed by atoms with E-state index < -0.39 is 0 Å². The summed E-state index contributed by atoms with van der Waals surface area (Å²) in [6, 6.07) is 7.60. The van der Waals surface area contributed by atoms with Gasteiger partial charge in [-0.15, -0.1) is 0 Å². The number of hydrogen-bond donors (Lipinski definition) is 1. The maximum absolute atomic E-state index is 9.37. The summed E-state index contributed by atoms with van der Waals surface area (Å²) in [4.78, 5) is 4.91. The molecule has 3 nitrogen and oxygen atoms in total. The quantitative estimate of drug-likeness (QED) is 0.856. The highest BCUT2D eigenvalue weighted by Crippen LogP contribution is 2.12. The molecule has 17 heavy (non-hydrogen) atoms. The lowest BCUT2D eigenvalue weighted by molar-refractivity contribution is 0.153. The summed E-state index contributed by atoms with van der Waals surface area (Å²) in [7, 11) is 2.18. The first-order valence-corrected chi connectivity index (χ1v) is 6.43. The molecule has 3 heteroatoms. The minimum Gasteiger partial charge on any atom is -0.508 e. The highest BCUT2D eigenvalue weighted by atomic mass is 16.3. The van der Waals surface area contributed by atoms with Crippen molar-refractivity contribution in [3.63, 3.8) is 0 Å². The molecule has 1 saturated heterocycles. The maximum atomic E-state index is 9.37. The van der Waals surface area contributed by atoms with E-state index in [1.165, 1.54) is 44.7 Å². The maximum Gasteiger partial charge on any atom is 0.115 e. The lowest BCUT2D eigenvalue weighted by atomic mass is 10.1. The van der Waals surface area contributed by atoms with Crippen LogP contribution >= 0.6 is 0 Å². The predicted octanol–water partition coefficient (Wildman–Crippen LogP) is 1.57. The van der Waals surface area contributed by atoms with Crippen LogP contribution < -0.4 is 0 Å². The molecule has 0 unspecified atom stereocenters. The Morgan fingerprint density at radius 3 is 2.65 bits per heavy atom. The van der Waals surface area contributed by atoms with E-state index in [9.17, 15) is 5.11 Å². The van der Waals surface area contributed by atoms with Crippen LogP contribution in [0.25, 0.3) is 0 Å². The second kappa shape index (κ2) is 6.03. The van der Waals surface area contributed by atoms with Crippen molar-refractivity contribution in [1.29, 1.82) is 0 Å². The Morgan fingerprint density at radius 2 is 1.94 bits per heavy atom. The van der Waals surface area contributed by atoms with Gasteiger partial charge in [0, 0.05) is 26.2 Å². The van der Waals surface area contributed by atoms with Gasteiger partial charge in [0.25, 0.3) is 0 Å². The zero-order valence-corrected chi connectivity index (χ0v) is 10.6. The standard InChI is InChI=1S/C14H22N2O/c1-15-8-10-16(11-9-15)7-3-5-13-4-2-6-14(17)12-13/h2,4,6,12,17H,3,5,7-11H2,1H3. The molecule has 1 aromatic rings. The molecule has 1 aliphatic heterocycles. The minimum absolute atomic E-state index is 0.377. The van der Waals surface area contributed by atoms with E-state index >= 15 is 0 Å². The van der Waals surface area contributed by atoms with Gasteiger partial charge < -0.3 is 14.9 Å². The van der Waals surface area contributed by atoms with Crippen molar-refractivity contribution in [1.82, 2.24) is 9.80 Å². The van der Waals surface area contributed by atoms with Crippen LogP contribution in [-0.2, 0) is 6.42 Å². The van der Waals surface area contributed by atoms with Crippen molar-refractivity contribution in [3.8, 4) is 5.75 Å². The Bertz CT molecular complexity index is 346. The molecule has 0 aromatic heterocycles. The van der Waals surface area contributed by atoms with Crippen LogP contribution in [0.4, 0.5) is 0 Å². The highest BCUT2D eigenvalue weighted by molar-refractivity contribution is 5.27. The normalized spacial score (nSPS) is 18.4. The molecule has 1 fully saturated rings. The monoisotopic (exact) mass is 234 g/mol. The minimum atomic E-state index is 0.377. The van der Waals surface area contributed by atoms with Gasteiger partial charge in [0.2, 0.25) is 0 Å². The number of likely N-dealkylation sites (N-methyl/N-ethyl adjacent to an activating group) is 1. The van der Waals surface area contributed by atoms with Crippen molar-refractivity contribution in [3.05, 3.63) is 29.8 Å². The number of phenolic OH excluding ortho intramolecular Hbond substituents is 1. The first-order chi connectivity index (χ1) is 8.24. The van der Waals surface area contributed by atoms with Crippen molar-refractivity contribution in [2.75, 3.05) is 39.8 Å². The second-order valence-corrected chi connectivity index (χ2v) is 4.92. The van der Waals surface area contributed by atoms with Gasteiger partial charge in [0.1, 0.15) is 5.75 Å². The zero-order chi connectivity index (χ0) is 12.1. The number of benzene rings is 1. The largest absolute Gasteiger partial charge is 0.508 e. The Hall–Kier alpha value is -1.06. The molecule has 1 aliphatic rings. The van der Waals surface area contributed by atoms with Gasteiger partial charge >= 0.3 is 0 Å². The van der Waals surface area contributed by atoms with Crippen LogP contribution in [0.3, 0.4) is 0 Å². The lowest BCUT2D eigenvalue weighted by Crippen LogP contribution is -2.44. The molecule has 0 spiro atoms. The van der Waals surface area contributed by atoms with E-state index in [1.807, 2.05) is 12.1 Å². The molecule has 0 radical (unpaired) electrons. The molecular weight excluding hydrogens is 212 g/mol. The molecule has 0 atom stereocenters. The smallest absolute Gasteiger partial charge is 0.115 e. The SMILES string of the molecule is CN1CCN(CCCc2cccc(O)c2)CC1. The molecule has 0 saturated carbocycles. The summed E-state index contributed by atoms with van der Waals surface area (Å²) in [5, 5.41) is 9.37. The van der Waals surface area contributed by atoms with Gasteiger partial charge in [-0.05, 0) is 44.1 Å². The molecule has 0 bridgehead atoms. The molecule has 0 aliphatic carbocycles. The van der Waals surface area contributed by atoms with Crippen LogP contribution in [0.2, 0.25) is 0 Å². The molecule has 0 amide bonds. The first-order valence-electron chi connectivity index (χ1n) is 6.43. The topological polar surface area (TPSA) is 26.7 Å². The molecule has 1 aromatic carbocycles. The summed E-state index contributed by atoms with van der Waals surface area (Å²) in [5.74, 6) is 0.377. The third-order valence-corrected chi connectivity index (χ3v) is 3.45. The average Bonchev–Trinajstić information content (AvgIpc) is 2.32. The van der Waals surface area contributed by atoms with Gasteiger partial charge in [-0.3, -0.25) is 0 Å². The Labute approximate surface area is 104 Å². The first kappa shape index (κ1) is 12.4. The van der Waals surface area contributed by atoms with E-state index in [2.05, 4.69) is 22.9 Å². The van der Waals surface area contributed by atoms with Crippen molar-refractivity contribution < 1.29 is 5.11 Å². The van der Waals surface area contributed by atoms with Crippen molar-refractivity contribution in [2.45, 2.75) is 12.8 Å². The fourth-order valence-corrected chi connectivity index (χ4v) is 2.29. The lowest BCUT2D eigenvalue weighted by Gasteiger charge is -2.32. The highest BCUT2D eigenvalue weighted by Gasteiger charge is 2.12. The number of piperazine rings is 1. The summed E-state index contributed by atoms with van der Waals surface area (Å²) < 4.78 is 0.